The van der Waals surface area contributed by atoms with Gasteiger partial charge in [-0.25, -0.2) is 0 Å². The van der Waals surface area contributed by atoms with Crippen molar-refractivity contribution in [2.75, 3.05) is 26.7 Å². The molecule has 0 N–H and O–H groups in total. The smallest absolute Gasteiger partial charge is 0.0192 e. The van der Waals surface area contributed by atoms with Crippen LogP contribution in [-0.4, -0.2) is 48.1 Å². The number of hydrogen-bond donors (Lipinski definition) is 0. The van der Waals surface area contributed by atoms with Crippen molar-refractivity contribution in [3.8, 4) is 0 Å². The van der Waals surface area contributed by atoms with Gasteiger partial charge in [-0.1, -0.05) is 0 Å². The molecule has 0 bridgehead atoms. The fourth-order valence-electron chi connectivity index (χ4n) is 1.66. The first-order chi connectivity index (χ1) is 5.41. The van der Waals surface area contributed by atoms with Crippen LogP contribution in [0, 0.1) is 0 Å². The van der Waals surface area contributed by atoms with Gasteiger partial charge in [-0.3, -0.25) is 4.90 Å². The summed E-state index contributed by atoms with van der Waals surface area (Å²) in [5, 5.41) is 0. The van der Waals surface area contributed by atoms with Crippen molar-refractivity contribution in [1.29, 1.82) is 0 Å². The Bertz CT molecular complexity index is 148. The fourth-order valence-corrected chi connectivity index (χ4v) is 1.66. The highest BCUT2D eigenvalue weighted by Gasteiger charge is 2.27. The SMILES string of the molecule is CC1CN(C(C)(C)C)CCN1C. The monoisotopic (exact) mass is 170 g/mol. The van der Waals surface area contributed by atoms with Gasteiger partial charge in [-0.05, 0) is 34.7 Å². The van der Waals surface area contributed by atoms with Gasteiger partial charge in [0, 0.05) is 31.2 Å². The number of nitrogens with zero attached hydrogens (tertiary/aromatic N) is 2. The van der Waals surface area contributed by atoms with Gasteiger partial charge in [0.25, 0.3) is 0 Å². The maximum atomic E-state index is 2.57. The quantitative estimate of drug-likeness (QED) is 0.542. The second-order valence-corrected chi connectivity index (χ2v) is 4.95. The van der Waals surface area contributed by atoms with Crippen molar-refractivity contribution in [3.05, 3.63) is 0 Å². The van der Waals surface area contributed by atoms with Crippen LogP contribution in [0.3, 0.4) is 0 Å². The van der Waals surface area contributed by atoms with E-state index in [1.54, 1.807) is 0 Å². The number of piperazine rings is 1. The second kappa shape index (κ2) is 3.35. The first-order valence-corrected chi connectivity index (χ1v) is 4.86. The first-order valence-electron chi connectivity index (χ1n) is 4.86. The van der Waals surface area contributed by atoms with Crippen molar-refractivity contribution in [2.45, 2.75) is 39.3 Å². The summed E-state index contributed by atoms with van der Waals surface area (Å²) in [4.78, 5) is 5.00. The molecule has 1 aliphatic heterocycles. The fraction of sp³-hybridized carbons (Fsp3) is 1.00. The van der Waals surface area contributed by atoms with Gasteiger partial charge in [0.1, 0.15) is 0 Å². The molecule has 1 unspecified atom stereocenters. The van der Waals surface area contributed by atoms with Crippen LogP contribution in [0.25, 0.3) is 0 Å². The molecule has 0 aromatic heterocycles. The van der Waals surface area contributed by atoms with E-state index in [0.29, 0.717) is 11.6 Å². The molecule has 2 heteroatoms. The van der Waals surface area contributed by atoms with Gasteiger partial charge in [0.15, 0.2) is 0 Å². The summed E-state index contributed by atoms with van der Waals surface area (Å²) in [6, 6.07) is 0.706. The van der Waals surface area contributed by atoms with Gasteiger partial charge in [-0.2, -0.15) is 0 Å². The van der Waals surface area contributed by atoms with Crippen molar-refractivity contribution in [2.24, 2.45) is 0 Å². The van der Waals surface area contributed by atoms with Gasteiger partial charge < -0.3 is 4.90 Å². The Balaban J connectivity index is 2.51. The average molecular weight is 170 g/mol. The van der Waals surface area contributed by atoms with Crippen LogP contribution >= 0.6 is 0 Å². The van der Waals surface area contributed by atoms with E-state index in [0.717, 1.165) is 0 Å². The van der Waals surface area contributed by atoms with E-state index in [-0.39, 0.29) is 0 Å². The summed E-state index contributed by atoms with van der Waals surface area (Å²) >= 11 is 0. The lowest BCUT2D eigenvalue weighted by molar-refractivity contribution is 0.0415. The van der Waals surface area contributed by atoms with E-state index in [1.165, 1.54) is 19.6 Å². The third-order valence-corrected chi connectivity index (χ3v) is 2.91. The lowest BCUT2D eigenvalue weighted by Gasteiger charge is -2.44. The molecule has 1 heterocycles. The topological polar surface area (TPSA) is 6.48 Å². The molecule has 1 saturated heterocycles. The Morgan fingerprint density at radius 3 is 2.17 bits per heavy atom. The lowest BCUT2D eigenvalue weighted by atomic mass is 10.0. The number of rotatable bonds is 0. The van der Waals surface area contributed by atoms with Crippen LogP contribution in [-0.2, 0) is 0 Å². The zero-order chi connectivity index (χ0) is 9.35. The summed E-state index contributed by atoms with van der Waals surface area (Å²) in [5.74, 6) is 0. The van der Waals surface area contributed by atoms with E-state index in [1.807, 2.05) is 0 Å². The largest absolute Gasteiger partial charge is 0.301 e. The van der Waals surface area contributed by atoms with E-state index < -0.39 is 0 Å². The van der Waals surface area contributed by atoms with Crippen LogP contribution in [0.15, 0.2) is 0 Å². The summed E-state index contributed by atoms with van der Waals surface area (Å²) < 4.78 is 0. The van der Waals surface area contributed by atoms with E-state index >= 15 is 0 Å². The molecule has 1 rings (SSSR count). The molecule has 1 fully saturated rings. The minimum absolute atomic E-state index is 0.343. The van der Waals surface area contributed by atoms with Crippen LogP contribution in [0.2, 0.25) is 0 Å². The second-order valence-electron chi connectivity index (χ2n) is 4.95. The van der Waals surface area contributed by atoms with Gasteiger partial charge in [0.05, 0.1) is 0 Å². The minimum atomic E-state index is 0.343. The molecular weight excluding hydrogens is 148 g/mol. The molecule has 0 aromatic carbocycles. The Morgan fingerprint density at radius 2 is 1.75 bits per heavy atom. The van der Waals surface area contributed by atoms with Crippen molar-refractivity contribution in [3.63, 3.8) is 0 Å². The van der Waals surface area contributed by atoms with Crippen LogP contribution in [0.4, 0.5) is 0 Å². The predicted octanol–water partition coefficient (Wildman–Crippen LogP) is 1.42. The molecule has 12 heavy (non-hydrogen) atoms. The van der Waals surface area contributed by atoms with Crippen molar-refractivity contribution in [1.82, 2.24) is 9.80 Å². The third kappa shape index (κ3) is 2.20. The maximum absolute atomic E-state index is 2.57. The molecule has 0 radical (unpaired) electrons. The summed E-state index contributed by atoms with van der Waals surface area (Å²) in [5.41, 5.74) is 0.343. The number of hydrogen-bond acceptors (Lipinski definition) is 2. The Kier molecular flexibility index (Phi) is 2.79. The normalized spacial score (nSPS) is 29.2. The van der Waals surface area contributed by atoms with Gasteiger partial charge >= 0.3 is 0 Å². The molecule has 1 atom stereocenters. The highest BCUT2D eigenvalue weighted by Crippen LogP contribution is 2.17. The first kappa shape index (κ1) is 10.0. The third-order valence-electron chi connectivity index (χ3n) is 2.91. The van der Waals surface area contributed by atoms with Crippen LogP contribution in [0.1, 0.15) is 27.7 Å². The highest BCUT2D eigenvalue weighted by atomic mass is 15.3. The highest BCUT2D eigenvalue weighted by molar-refractivity contribution is 4.84. The molecule has 0 aliphatic carbocycles. The zero-order valence-corrected chi connectivity index (χ0v) is 9.09. The Labute approximate surface area is 76.5 Å². The lowest BCUT2D eigenvalue weighted by Crippen LogP contribution is -2.56. The Hall–Kier alpha value is -0.0800. The summed E-state index contributed by atoms with van der Waals surface area (Å²) in [7, 11) is 2.21. The molecule has 72 valence electrons. The van der Waals surface area contributed by atoms with E-state index in [4.69, 9.17) is 0 Å². The van der Waals surface area contributed by atoms with Crippen molar-refractivity contribution >= 4 is 0 Å². The van der Waals surface area contributed by atoms with E-state index in [9.17, 15) is 0 Å². The molecule has 0 amide bonds. The van der Waals surface area contributed by atoms with Gasteiger partial charge in [0.2, 0.25) is 0 Å². The average Bonchev–Trinajstić information content (AvgIpc) is 1.92. The molecule has 1 aliphatic rings. The standard InChI is InChI=1S/C10H22N2/c1-9-8-12(10(2,3)4)7-6-11(9)5/h9H,6-8H2,1-5H3. The molecule has 0 saturated carbocycles. The molecule has 0 spiro atoms. The molecule has 2 nitrogen and oxygen atoms in total. The van der Waals surface area contributed by atoms with Gasteiger partial charge in [-0.15, -0.1) is 0 Å². The molecule has 0 aromatic rings. The van der Waals surface area contributed by atoms with Crippen LogP contribution in [0.5, 0.6) is 0 Å². The minimum Gasteiger partial charge on any atom is -0.301 e. The Morgan fingerprint density at radius 1 is 1.17 bits per heavy atom. The summed E-state index contributed by atoms with van der Waals surface area (Å²) in [6.45, 7) is 12.8. The van der Waals surface area contributed by atoms with Crippen molar-refractivity contribution < 1.29 is 0 Å². The molecular formula is C10H22N2. The van der Waals surface area contributed by atoms with E-state index in [2.05, 4.69) is 44.5 Å². The number of likely N-dealkylation sites (N-methyl/N-ethyl adjacent to an activating group) is 1. The maximum Gasteiger partial charge on any atom is 0.0192 e. The predicted molar refractivity (Wildman–Crippen MR) is 53.4 cm³/mol. The summed E-state index contributed by atoms with van der Waals surface area (Å²) in [6.07, 6.45) is 0. The zero-order valence-electron chi connectivity index (χ0n) is 9.09. The van der Waals surface area contributed by atoms with Crippen LogP contribution < -0.4 is 0 Å².